The van der Waals surface area contributed by atoms with Crippen molar-refractivity contribution in [2.24, 2.45) is 0 Å². The van der Waals surface area contributed by atoms with Gasteiger partial charge in [-0.15, -0.1) is 0 Å². The second kappa shape index (κ2) is 8.44. The molecule has 9 heteroatoms. The molecular weight excluding hydrogens is 416 g/mol. The Balaban J connectivity index is 0.000000192. The Hall–Kier alpha value is -2.20. The van der Waals surface area contributed by atoms with Crippen LogP contribution in [0, 0.1) is 0 Å². The van der Waals surface area contributed by atoms with E-state index in [-0.39, 0.29) is 16.8 Å². The zero-order chi connectivity index (χ0) is 20.3. The van der Waals surface area contributed by atoms with Crippen molar-refractivity contribution in [3.8, 4) is 10.4 Å². The summed E-state index contributed by atoms with van der Waals surface area (Å²) in [7, 11) is -4.25. The molecule has 146 valence electrons. The molecule has 1 aromatic heterocycles. The lowest BCUT2D eigenvalue weighted by Crippen LogP contribution is -2.36. The van der Waals surface area contributed by atoms with Crippen molar-refractivity contribution in [3.05, 3.63) is 60.7 Å². The highest BCUT2D eigenvalue weighted by Gasteiger charge is 2.41. The Bertz CT molecular complexity index is 1080. The number of anilines is 1. The molecule has 1 N–H and O–H groups in total. The molecule has 1 aliphatic heterocycles. The Morgan fingerprint density at radius 3 is 2.14 bits per heavy atom. The van der Waals surface area contributed by atoms with Crippen LogP contribution in [0.1, 0.15) is 13.0 Å². The number of rotatable bonds is 3. The molecule has 6 nitrogen and oxygen atoms in total. The molecule has 4 rings (SSSR count). The second-order valence-electron chi connectivity index (χ2n) is 5.92. The van der Waals surface area contributed by atoms with Crippen LogP contribution in [-0.4, -0.2) is 25.1 Å². The van der Waals surface area contributed by atoms with Gasteiger partial charge >= 0.3 is 11.7 Å². The molecular formula is C19H18N2O4S3. The number of hydrogen-bond donors (Lipinski definition) is 1. The number of thioether (sulfide) groups is 1. The molecule has 2 heterocycles. The summed E-state index contributed by atoms with van der Waals surface area (Å²) in [5.41, 5.74) is 1.15. The maximum absolute atomic E-state index is 11.8. The summed E-state index contributed by atoms with van der Waals surface area (Å²) in [6, 6.07) is 17.3. The van der Waals surface area contributed by atoms with Gasteiger partial charge in [0.2, 0.25) is 10.4 Å². The number of amides is 1. The van der Waals surface area contributed by atoms with Crippen molar-refractivity contribution in [2.45, 2.75) is 22.2 Å². The Morgan fingerprint density at radius 1 is 1.07 bits per heavy atom. The molecule has 1 atom stereocenters. The van der Waals surface area contributed by atoms with Gasteiger partial charge in [0.1, 0.15) is 15.0 Å². The lowest BCUT2D eigenvalue weighted by atomic mass is 10.2. The number of nitrogens with zero attached hydrogens (tertiary/aromatic N) is 1. The van der Waals surface area contributed by atoms with E-state index in [2.05, 4.69) is 22.0 Å². The first-order valence-electron chi connectivity index (χ1n) is 8.32. The van der Waals surface area contributed by atoms with Crippen LogP contribution >= 0.6 is 23.1 Å². The van der Waals surface area contributed by atoms with Gasteiger partial charge in [0.25, 0.3) is 0 Å². The molecule has 0 saturated carbocycles. The first-order valence-corrected chi connectivity index (χ1v) is 11.8. The van der Waals surface area contributed by atoms with Gasteiger partial charge in [-0.05, 0) is 25.3 Å². The van der Waals surface area contributed by atoms with Crippen LogP contribution in [0.15, 0.2) is 69.9 Å². The van der Waals surface area contributed by atoms with Crippen molar-refractivity contribution >= 4 is 44.9 Å². The van der Waals surface area contributed by atoms with E-state index in [4.69, 9.17) is 0 Å². The summed E-state index contributed by atoms with van der Waals surface area (Å²) in [6.45, 7) is 1.94. The van der Waals surface area contributed by atoms with E-state index >= 15 is 0 Å². The highest BCUT2D eigenvalue weighted by atomic mass is 32.2. The van der Waals surface area contributed by atoms with Crippen LogP contribution in [0.2, 0.25) is 0 Å². The minimum Gasteiger partial charge on any atom is -0.744 e. The van der Waals surface area contributed by atoms with E-state index in [1.807, 2.05) is 31.4 Å². The van der Waals surface area contributed by atoms with Gasteiger partial charge in [0, 0.05) is 5.56 Å². The molecule has 28 heavy (non-hydrogen) atoms. The average molecular weight is 435 g/mol. The standard InChI is InChI=1S/C13H12N2OS2.C6H6O3S/c1-8-12(16)14-11-10(9-6-4-3-5-7-9)18-13(17-2)15(8)11;7-10(8,9)6-4-2-1-3-5-6/h3-8H,1-2H3;1-5H,(H,7,8,9). The maximum atomic E-state index is 11.8. The first-order chi connectivity index (χ1) is 13.3. The Kier molecular flexibility index (Phi) is 6.19. The number of nitrogens with one attached hydrogen (secondary N) is 1. The predicted molar refractivity (Wildman–Crippen MR) is 109 cm³/mol. The van der Waals surface area contributed by atoms with E-state index in [1.165, 1.54) is 24.3 Å². The largest absolute Gasteiger partial charge is 0.744 e. The topological polar surface area (TPSA) is 90.2 Å². The van der Waals surface area contributed by atoms with Crippen LogP contribution in [0.3, 0.4) is 0 Å². The van der Waals surface area contributed by atoms with E-state index in [9.17, 15) is 17.8 Å². The molecule has 0 radical (unpaired) electrons. The van der Waals surface area contributed by atoms with Crippen LogP contribution in [0.4, 0.5) is 5.82 Å². The Labute approximate surface area is 172 Å². The quantitative estimate of drug-likeness (QED) is 0.387. The van der Waals surface area contributed by atoms with E-state index in [0.29, 0.717) is 0 Å². The average Bonchev–Trinajstić information content (AvgIpc) is 3.20. The SMILES string of the molecule is CSc1sc(-c2ccccc2)c2[n+]1C(C)C(=O)N2.O=S(=O)([O-])c1ccccc1. The normalized spacial score (nSPS) is 15.4. The lowest BCUT2D eigenvalue weighted by Gasteiger charge is -2.04. The van der Waals surface area contributed by atoms with Crippen LogP contribution in [0.25, 0.3) is 10.4 Å². The van der Waals surface area contributed by atoms with E-state index in [1.54, 1.807) is 29.2 Å². The summed E-state index contributed by atoms with van der Waals surface area (Å²) < 4.78 is 34.1. The minimum atomic E-state index is -4.25. The molecule has 1 unspecified atom stereocenters. The summed E-state index contributed by atoms with van der Waals surface area (Å²) in [5, 5.41) is 2.99. The number of benzene rings is 2. The summed E-state index contributed by atoms with van der Waals surface area (Å²) in [5.74, 6) is 1.01. The van der Waals surface area contributed by atoms with E-state index < -0.39 is 10.1 Å². The highest BCUT2D eigenvalue weighted by Crippen LogP contribution is 2.39. The molecule has 0 fully saturated rings. The molecule has 0 spiro atoms. The number of fused-ring (bicyclic) bond motifs is 1. The van der Waals surface area contributed by atoms with Crippen molar-refractivity contribution < 1.29 is 22.3 Å². The van der Waals surface area contributed by atoms with Crippen molar-refractivity contribution in [3.63, 3.8) is 0 Å². The fourth-order valence-electron chi connectivity index (χ4n) is 2.71. The fraction of sp³-hybridized carbons (Fsp3) is 0.158. The molecule has 0 aliphatic carbocycles. The van der Waals surface area contributed by atoms with Crippen molar-refractivity contribution in [1.82, 2.24) is 0 Å². The first kappa shape index (κ1) is 20.5. The van der Waals surface area contributed by atoms with Crippen LogP contribution in [-0.2, 0) is 14.9 Å². The smallest absolute Gasteiger partial charge is 0.352 e. The highest BCUT2D eigenvalue weighted by molar-refractivity contribution is 8.00. The second-order valence-corrected chi connectivity index (χ2v) is 9.35. The minimum absolute atomic E-state index is 0.0743. The number of hydrogen-bond acceptors (Lipinski definition) is 6. The number of carbonyl (C=O) groups excluding carboxylic acids is 1. The van der Waals surface area contributed by atoms with Gasteiger partial charge in [-0.1, -0.05) is 71.6 Å². The van der Waals surface area contributed by atoms with Gasteiger partial charge in [0.15, 0.2) is 0 Å². The summed E-state index contributed by atoms with van der Waals surface area (Å²) in [4.78, 5) is 12.8. The van der Waals surface area contributed by atoms with Gasteiger partial charge in [-0.25, -0.2) is 18.5 Å². The third-order valence-electron chi connectivity index (χ3n) is 4.09. The molecule has 1 aliphatic rings. The monoisotopic (exact) mass is 434 g/mol. The fourth-order valence-corrected chi connectivity index (χ4v) is 5.25. The molecule has 0 bridgehead atoms. The third-order valence-corrected chi connectivity index (χ3v) is 7.24. The zero-order valence-corrected chi connectivity index (χ0v) is 17.6. The molecule has 2 aromatic carbocycles. The number of carbonyl (C=O) groups is 1. The summed E-state index contributed by atoms with van der Waals surface area (Å²) >= 11 is 3.42. The van der Waals surface area contributed by atoms with Gasteiger partial charge < -0.3 is 4.55 Å². The number of aromatic nitrogens is 1. The molecule has 1 amide bonds. The van der Waals surface area contributed by atoms with E-state index in [0.717, 1.165) is 20.6 Å². The van der Waals surface area contributed by atoms with Gasteiger partial charge in [0.05, 0.1) is 4.90 Å². The van der Waals surface area contributed by atoms with Crippen LogP contribution < -0.4 is 9.88 Å². The lowest BCUT2D eigenvalue weighted by molar-refractivity contribution is -0.714. The van der Waals surface area contributed by atoms with Gasteiger partial charge in [-0.2, -0.15) is 4.57 Å². The van der Waals surface area contributed by atoms with Crippen molar-refractivity contribution in [1.29, 1.82) is 0 Å². The zero-order valence-electron chi connectivity index (χ0n) is 15.2. The molecule has 3 aromatic rings. The molecule has 0 saturated heterocycles. The summed E-state index contributed by atoms with van der Waals surface area (Å²) in [6.07, 6.45) is 2.05. The maximum Gasteiger partial charge on any atom is 0.352 e. The predicted octanol–water partition coefficient (Wildman–Crippen LogP) is 3.53. The van der Waals surface area contributed by atoms with Crippen LogP contribution in [0.5, 0.6) is 0 Å². The third kappa shape index (κ3) is 4.27. The van der Waals surface area contributed by atoms with Crippen molar-refractivity contribution in [2.75, 3.05) is 11.6 Å². The van der Waals surface area contributed by atoms with Gasteiger partial charge in [-0.3, -0.25) is 0 Å². The Morgan fingerprint density at radius 2 is 1.64 bits per heavy atom. The number of thiazole rings is 1.